The van der Waals surface area contributed by atoms with Crippen LogP contribution in [0.2, 0.25) is 5.02 Å². The van der Waals surface area contributed by atoms with E-state index in [1.165, 1.54) is 0 Å². The summed E-state index contributed by atoms with van der Waals surface area (Å²) in [4.78, 5) is 0. The summed E-state index contributed by atoms with van der Waals surface area (Å²) in [6.45, 7) is 1.29. The van der Waals surface area contributed by atoms with Crippen molar-refractivity contribution < 1.29 is 9.15 Å². The summed E-state index contributed by atoms with van der Waals surface area (Å²) >= 11 is 6.49. The van der Waals surface area contributed by atoms with E-state index in [0.29, 0.717) is 25.0 Å². The Morgan fingerprint density at radius 2 is 1.88 bits per heavy atom. The van der Waals surface area contributed by atoms with E-state index in [2.05, 4.69) is 10.2 Å². The van der Waals surface area contributed by atoms with Gasteiger partial charge < -0.3 is 13.7 Å². The molecule has 0 N–H and O–H groups in total. The van der Waals surface area contributed by atoms with Gasteiger partial charge in [-0.15, -0.1) is 10.2 Å². The minimum Gasteiger partial charge on any atom is -0.418 e. The highest BCUT2D eigenvalue weighted by molar-refractivity contribution is 6.31. The highest BCUT2D eigenvalue weighted by atomic mass is 35.5. The quantitative estimate of drug-likeness (QED) is 0.725. The molecule has 0 atom stereocenters. The van der Waals surface area contributed by atoms with E-state index in [-0.39, 0.29) is 0 Å². The highest BCUT2D eigenvalue weighted by Crippen LogP contribution is 2.43. The molecule has 1 fully saturated rings. The maximum Gasteiger partial charge on any atom is 0.264 e. The van der Waals surface area contributed by atoms with Crippen LogP contribution in [-0.4, -0.2) is 28.0 Å². The van der Waals surface area contributed by atoms with Gasteiger partial charge in [-0.1, -0.05) is 29.8 Å². The van der Waals surface area contributed by atoms with Crippen LogP contribution in [0.1, 0.15) is 24.3 Å². The Morgan fingerprint density at radius 1 is 1.08 bits per heavy atom. The molecule has 124 valence electrons. The molecule has 1 saturated heterocycles. The predicted octanol–water partition coefficient (Wildman–Crippen LogP) is 3.83. The zero-order chi connectivity index (χ0) is 16.6. The maximum absolute atomic E-state index is 6.49. The van der Waals surface area contributed by atoms with Crippen molar-refractivity contribution in [3.05, 3.63) is 59.1 Å². The third-order valence-corrected chi connectivity index (χ3v) is 5.06. The molecule has 0 aliphatic carbocycles. The number of aryl methyl sites for hydroxylation is 1. The van der Waals surface area contributed by atoms with Crippen LogP contribution in [-0.2, 0) is 17.2 Å². The lowest BCUT2D eigenvalue weighted by Gasteiger charge is -2.35. The zero-order valence-electron chi connectivity index (χ0n) is 13.4. The fourth-order valence-corrected chi connectivity index (χ4v) is 3.69. The number of hydrogen-bond donors (Lipinski definition) is 0. The van der Waals surface area contributed by atoms with E-state index in [1.54, 1.807) is 0 Å². The van der Waals surface area contributed by atoms with E-state index >= 15 is 0 Å². The van der Waals surface area contributed by atoms with Gasteiger partial charge in [0.15, 0.2) is 0 Å². The van der Waals surface area contributed by atoms with Crippen molar-refractivity contribution in [3.63, 3.8) is 0 Å². The summed E-state index contributed by atoms with van der Waals surface area (Å²) in [6.07, 6.45) is 3.49. The molecule has 1 aromatic carbocycles. The normalized spacial score (nSPS) is 17.1. The summed E-state index contributed by atoms with van der Waals surface area (Å²) < 4.78 is 13.6. The second-order valence-electron chi connectivity index (χ2n) is 6.09. The van der Waals surface area contributed by atoms with Crippen LogP contribution in [0.25, 0.3) is 11.6 Å². The number of nitrogens with zero attached hydrogens (tertiary/aromatic N) is 3. The van der Waals surface area contributed by atoms with Crippen LogP contribution in [0.3, 0.4) is 0 Å². The van der Waals surface area contributed by atoms with Crippen molar-refractivity contribution >= 4 is 11.6 Å². The average molecular weight is 344 g/mol. The molecular formula is C18H18ClN3O2. The average Bonchev–Trinajstić information content (AvgIpc) is 3.25. The van der Waals surface area contributed by atoms with Gasteiger partial charge in [0.25, 0.3) is 5.89 Å². The first-order chi connectivity index (χ1) is 11.7. The molecule has 0 radical (unpaired) electrons. The van der Waals surface area contributed by atoms with Crippen molar-refractivity contribution in [3.8, 4) is 11.6 Å². The van der Waals surface area contributed by atoms with Gasteiger partial charge in [0.1, 0.15) is 5.69 Å². The molecule has 3 aromatic rings. The van der Waals surface area contributed by atoms with Crippen LogP contribution in [0, 0.1) is 0 Å². The Bertz CT molecular complexity index is 849. The van der Waals surface area contributed by atoms with Crippen LogP contribution in [0.4, 0.5) is 0 Å². The fraction of sp³-hybridized carbons (Fsp3) is 0.333. The minimum atomic E-state index is -0.396. The lowest BCUT2D eigenvalue weighted by atomic mass is 9.74. The fourth-order valence-electron chi connectivity index (χ4n) is 3.37. The molecule has 24 heavy (non-hydrogen) atoms. The summed E-state index contributed by atoms with van der Waals surface area (Å²) in [5, 5.41) is 9.38. The molecular weight excluding hydrogens is 326 g/mol. The SMILES string of the molecule is Cn1cccc1-c1nnc(C2(c3ccccc3Cl)CCOCC2)o1. The Hall–Kier alpha value is -2.11. The number of hydrogen-bond acceptors (Lipinski definition) is 4. The molecule has 4 rings (SSSR count). The van der Waals surface area contributed by atoms with Crippen molar-refractivity contribution in [2.75, 3.05) is 13.2 Å². The van der Waals surface area contributed by atoms with E-state index in [9.17, 15) is 0 Å². The minimum absolute atomic E-state index is 0.396. The van der Waals surface area contributed by atoms with Crippen LogP contribution >= 0.6 is 11.6 Å². The predicted molar refractivity (Wildman–Crippen MR) is 91.0 cm³/mol. The molecule has 0 bridgehead atoms. The molecule has 1 aliphatic rings. The van der Waals surface area contributed by atoms with Crippen molar-refractivity contribution in [1.82, 2.24) is 14.8 Å². The van der Waals surface area contributed by atoms with Gasteiger partial charge in [-0.3, -0.25) is 0 Å². The molecule has 5 nitrogen and oxygen atoms in total. The van der Waals surface area contributed by atoms with E-state index < -0.39 is 5.41 Å². The monoisotopic (exact) mass is 343 g/mol. The third kappa shape index (κ3) is 2.44. The number of aromatic nitrogens is 3. The number of halogens is 1. The van der Waals surface area contributed by atoms with Crippen molar-refractivity contribution in [2.45, 2.75) is 18.3 Å². The van der Waals surface area contributed by atoms with E-state index in [4.69, 9.17) is 20.8 Å². The largest absolute Gasteiger partial charge is 0.418 e. The van der Waals surface area contributed by atoms with Crippen molar-refractivity contribution in [1.29, 1.82) is 0 Å². The standard InChI is InChI=1S/C18H18ClN3O2/c1-22-10-4-7-15(22)16-20-21-17(24-16)18(8-11-23-12-9-18)13-5-2-3-6-14(13)19/h2-7,10H,8-9,11-12H2,1H3. The van der Waals surface area contributed by atoms with Gasteiger partial charge >= 0.3 is 0 Å². The summed E-state index contributed by atoms with van der Waals surface area (Å²) in [6, 6.07) is 11.8. The molecule has 0 saturated carbocycles. The van der Waals surface area contributed by atoms with Crippen LogP contribution in [0.5, 0.6) is 0 Å². The number of benzene rings is 1. The zero-order valence-corrected chi connectivity index (χ0v) is 14.2. The summed E-state index contributed by atoms with van der Waals surface area (Å²) in [5.74, 6) is 1.13. The van der Waals surface area contributed by atoms with Gasteiger partial charge in [-0.05, 0) is 36.6 Å². The second-order valence-corrected chi connectivity index (χ2v) is 6.50. The van der Waals surface area contributed by atoms with Gasteiger partial charge in [0.2, 0.25) is 5.89 Å². The molecule has 6 heteroatoms. The molecule has 3 heterocycles. The molecule has 0 amide bonds. The Kier molecular flexibility index (Phi) is 3.90. The maximum atomic E-state index is 6.49. The number of ether oxygens (including phenoxy) is 1. The van der Waals surface area contributed by atoms with Crippen LogP contribution < -0.4 is 0 Å². The summed E-state index contributed by atoms with van der Waals surface area (Å²) in [5.41, 5.74) is 1.53. The van der Waals surface area contributed by atoms with E-state index in [0.717, 1.165) is 29.1 Å². The number of rotatable bonds is 3. The van der Waals surface area contributed by atoms with Crippen molar-refractivity contribution in [2.24, 2.45) is 7.05 Å². The molecule has 0 spiro atoms. The van der Waals surface area contributed by atoms with Gasteiger partial charge in [-0.25, -0.2) is 0 Å². The lowest BCUT2D eigenvalue weighted by molar-refractivity contribution is 0.0546. The first-order valence-corrected chi connectivity index (χ1v) is 8.37. The molecule has 2 aromatic heterocycles. The first kappa shape index (κ1) is 15.4. The Balaban J connectivity index is 1.82. The summed E-state index contributed by atoms with van der Waals surface area (Å²) in [7, 11) is 1.96. The van der Waals surface area contributed by atoms with Crippen LogP contribution in [0.15, 0.2) is 47.0 Å². The van der Waals surface area contributed by atoms with Gasteiger partial charge in [0.05, 0.1) is 5.41 Å². The third-order valence-electron chi connectivity index (χ3n) is 4.73. The van der Waals surface area contributed by atoms with Gasteiger partial charge in [0, 0.05) is 31.5 Å². The highest BCUT2D eigenvalue weighted by Gasteiger charge is 2.42. The molecule has 0 unspecified atom stereocenters. The Labute approximate surface area is 145 Å². The van der Waals surface area contributed by atoms with E-state index in [1.807, 2.05) is 54.2 Å². The first-order valence-electron chi connectivity index (χ1n) is 7.99. The second kappa shape index (κ2) is 6.07. The molecule has 1 aliphatic heterocycles. The Morgan fingerprint density at radius 3 is 2.58 bits per heavy atom. The lowest BCUT2D eigenvalue weighted by Crippen LogP contribution is -2.35. The topological polar surface area (TPSA) is 53.1 Å². The van der Waals surface area contributed by atoms with Gasteiger partial charge in [-0.2, -0.15) is 0 Å². The smallest absolute Gasteiger partial charge is 0.264 e.